The number of aryl methyl sites for hydroxylation is 1. The molecule has 0 aliphatic heterocycles. The minimum Gasteiger partial charge on any atom is -0.349 e. The zero-order valence-electron chi connectivity index (χ0n) is 14.2. The van der Waals surface area contributed by atoms with Crippen molar-refractivity contribution in [2.45, 2.75) is 44.1 Å². The van der Waals surface area contributed by atoms with Gasteiger partial charge in [0.15, 0.2) is 0 Å². The minimum absolute atomic E-state index is 0.00745. The van der Waals surface area contributed by atoms with E-state index >= 15 is 0 Å². The Morgan fingerprint density at radius 1 is 1.12 bits per heavy atom. The summed E-state index contributed by atoms with van der Waals surface area (Å²) in [7, 11) is 0. The molecule has 4 heteroatoms. The van der Waals surface area contributed by atoms with Gasteiger partial charge < -0.3 is 11.1 Å². The van der Waals surface area contributed by atoms with E-state index in [-0.39, 0.29) is 11.9 Å². The predicted molar refractivity (Wildman–Crippen MR) is 101 cm³/mol. The van der Waals surface area contributed by atoms with Gasteiger partial charge in [0.05, 0.1) is 0 Å². The number of hydrogen-bond acceptors (Lipinski definition) is 2. The fraction of sp³-hybridized carbons (Fsp3) is 0.381. The van der Waals surface area contributed by atoms with Crippen molar-refractivity contribution in [3.05, 3.63) is 69.2 Å². The van der Waals surface area contributed by atoms with Crippen molar-refractivity contribution in [2.24, 2.45) is 5.73 Å². The van der Waals surface area contributed by atoms with Crippen LogP contribution in [-0.2, 0) is 19.3 Å². The van der Waals surface area contributed by atoms with Crippen LogP contribution in [0.5, 0.6) is 0 Å². The van der Waals surface area contributed by atoms with Gasteiger partial charge in [-0.25, -0.2) is 0 Å². The van der Waals surface area contributed by atoms with E-state index in [2.05, 4.69) is 23.5 Å². The first kappa shape index (κ1) is 16.6. The van der Waals surface area contributed by atoms with Gasteiger partial charge in [0.1, 0.15) is 0 Å². The standard InChI is InChI=1S/C21H23ClN2O/c22-18-7-6-14-9-19(10-17(14)8-18)24-21(25)15-5-4-13-2-1-3-16(12-23)20(13)11-15/h4-8,11,16,19H,1-3,9-10,12,23H2,(H,24,25). The second-order valence-corrected chi connectivity index (χ2v) is 7.67. The van der Waals surface area contributed by atoms with Crippen LogP contribution in [0.2, 0.25) is 5.02 Å². The van der Waals surface area contributed by atoms with Crippen molar-refractivity contribution in [2.75, 3.05) is 6.54 Å². The lowest BCUT2D eigenvalue weighted by Crippen LogP contribution is -2.35. The van der Waals surface area contributed by atoms with Gasteiger partial charge in [-0.05, 0) is 91.1 Å². The summed E-state index contributed by atoms with van der Waals surface area (Å²) in [5.41, 5.74) is 11.8. The number of nitrogens with one attached hydrogen (secondary N) is 1. The number of amides is 1. The summed E-state index contributed by atoms with van der Waals surface area (Å²) in [4.78, 5) is 12.7. The molecule has 2 aliphatic rings. The molecular weight excluding hydrogens is 332 g/mol. The van der Waals surface area contributed by atoms with Gasteiger partial charge in [0.2, 0.25) is 0 Å². The van der Waals surface area contributed by atoms with Crippen LogP contribution >= 0.6 is 11.6 Å². The molecular formula is C21H23ClN2O. The van der Waals surface area contributed by atoms with E-state index in [1.165, 1.54) is 28.7 Å². The third kappa shape index (κ3) is 3.31. The molecule has 3 N–H and O–H groups in total. The summed E-state index contributed by atoms with van der Waals surface area (Å²) in [6.07, 6.45) is 5.11. The van der Waals surface area contributed by atoms with Gasteiger partial charge in [-0.3, -0.25) is 4.79 Å². The number of fused-ring (bicyclic) bond motifs is 2. The lowest BCUT2D eigenvalue weighted by atomic mass is 9.82. The van der Waals surface area contributed by atoms with Gasteiger partial charge in [-0.15, -0.1) is 0 Å². The van der Waals surface area contributed by atoms with Crippen molar-refractivity contribution < 1.29 is 4.79 Å². The van der Waals surface area contributed by atoms with Gasteiger partial charge in [0, 0.05) is 16.6 Å². The fourth-order valence-electron chi connectivity index (χ4n) is 4.24. The Balaban J connectivity index is 1.49. The lowest BCUT2D eigenvalue weighted by Gasteiger charge is -2.25. The Kier molecular flexibility index (Phi) is 4.53. The Morgan fingerprint density at radius 3 is 2.76 bits per heavy atom. The number of rotatable bonds is 3. The monoisotopic (exact) mass is 354 g/mol. The highest BCUT2D eigenvalue weighted by Crippen LogP contribution is 2.32. The van der Waals surface area contributed by atoms with Crippen LogP contribution in [0, 0.1) is 0 Å². The molecule has 2 atom stereocenters. The van der Waals surface area contributed by atoms with Gasteiger partial charge in [-0.1, -0.05) is 23.7 Å². The van der Waals surface area contributed by atoms with E-state index in [1.54, 1.807) is 0 Å². The predicted octanol–water partition coefficient (Wildman–Crippen LogP) is 3.62. The molecule has 130 valence electrons. The number of nitrogens with two attached hydrogens (primary N) is 1. The molecule has 0 radical (unpaired) electrons. The molecule has 0 fully saturated rings. The van der Waals surface area contributed by atoms with Crippen molar-refractivity contribution >= 4 is 17.5 Å². The van der Waals surface area contributed by atoms with Crippen LogP contribution in [0.25, 0.3) is 0 Å². The number of hydrogen-bond donors (Lipinski definition) is 2. The Labute approximate surface area is 153 Å². The maximum atomic E-state index is 12.7. The highest BCUT2D eigenvalue weighted by atomic mass is 35.5. The molecule has 0 saturated carbocycles. The third-order valence-electron chi connectivity index (χ3n) is 5.57. The molecule has 3 nitrogen and oxygen atoms in total. The average Bonchev–Trinajstić information content (AvgIpc) is 3.01. The van der Waals surface area contributed by atoms with Crippen LogP contribution < -0.4 is 11.1 Å². The number of carbonyl (C=O) groups is 1. The van der Waals surface area contributed by atoms with E-state index in [4.69, 9.17) is 17.3 Å². The van der Waals surface area contributed by atoms with Crippen LogP contribution in [0.3, 0.4) is 0 Å². The maximum Gasteiger partial charge on any atom is 0.251 e. The topological polar surface area (TPSA) is 55.1 Å². The highest BCUT2D eigenvalue weighted by Gasteiger charge is 2.25. The molecule has 0 spiro atoms. The molecule has 0 aromatic heterocycles. The van der Waals surface area contributed by atoms with Gasteiger partial charge in [-0.2, -0.15) is 0 Å². The Morgan fingerprint density at radius 2 is 1.92 bits per heavy atom. The second-order valence-electron chi connectivity index (χ2n) is 7.23. The SMILES string of the molecule is NCC1CCCc2ccc(C(=O)NC3Cc4ccc(Cl)cc4C3)cc21. The van der Waals surface area contributed by atoms with Crippen molar-refractivity contribution in [1.29, 1.82) is 0 Å². The fourth-order valence-corrected chi connectivity index (χ4v) is 4.44. The van der Waals surface area contributed by atoms with Gasteiger partial charge >= 0.3 is 0 Å². The van der Waals surface area contributed by atoms with Crippen LogP contribution in [0.1, 0.15) is 51.4 Å². The Bertz CT molecular complexity index is 818. The quantitative estimate of drug-likeness (QED) is 0.884. The summed E-state index contributed by atoms with van der Waals surface area (Å²) in [5, 5.41) is 3.95. The zero-order valence-corrected chi connectivity index (χ0v) is 15.0. The van der Waals surface area contributed by atoms with Crippen molar-refractivity contribution in [3.8, 4) is 0 Å². The van der Waals surface area contributed by atoms with E-state index in [0.717, 1.165) is 36.3 Å². The van der Waals surface area contributed by atoms with E-state index < -0.39 is 0 Å². The molecule has 0 heterocycles. The smallest absolute Gasteiger partial charge is 0.251 e. The molecule has 2 unspecified atom stereocenters. The number of halogens is 1. The average molecular weight is 355 g/mol. The molecule has 0 saturated heterocycles. The maximum absolute atomic E-state index is 12.7. The molecule has 0 bridgehead atoms. The summed E-state index contributed by atoms with van der Waals surface area (Å²) in [5.74, 6) is 0.391. The third-order valence-corrected chi connectivity index (χ3v) is 5.80. The summed E-state index contributed by atoms with van der Waals surface area (Å²) in [6, 6.07) is 12.2. The van der Waals surface area contributed by atoms with Crippen molar-refractivity contribution in [1.82, 2.24) is 5.32 Å². The molecule has 2 aromatic carbocycles. The largest absolute Gasteiger partial charge is 0.349 e. The molecule has 2 aliphatic carbocycles. The first-order chi connectivity index (χ1) is 12.1. The number of benzene rings is 2. The lowest BCUT2D eigenvalue weighted by molar-refractivity contribution is 0.0938. The molecule has 4 rings (SSSR count). The molecule has 1 amide bonds. The van der Waals surface area contributed by atoms with Gasteiger partial charge in [0.25, 0.3) is 5.91 Å². The van der Waals surface area contributed by atoms with E-state index in [0.29, 0.717) is 12.5 Å². The second kappa shape index (κ2) is 6.81. The number of carbonyl (C=O) groups excluding carboxylic acids is 1. The zero-order chi connectivity index (χ0) is 17.4. The van der Waals surface area contributed by atoms with Crippen molar-refractivity contribution in [3.63, 3.8) is 0 Å². The van der Waals surface area contributed by atoms with Crippen LogP contribution in [0.15, 0.2) is 36.4 Å². The highest BCUT2D eigenvalue weighted by molar-refractivity contribution is 6.30. The Hall–Kier alpha value is -1.84. The minimum atomic E-state index is 0.00745. The summed E-state index contributed by atoms with van der Waals surface area (Å²) < 4.78 is 0. The first-order valence-electron chi connectivity index (χ1n) is 9.05. The van der Waals surface area contributed by atoms with Crippen LogP contribution in [0.4, 0.5) is 0 Å². The normalized spacial score (nSPS) is 21.5. The van der Waals surface area contributed by atoms with Crippen LogP contribution in [-0.4, -0.2) is 18.5 Å². The summed E-state index contributed by atoms with van der Waals surface area (Å²) in [6.45, 7) is 0.650. The van der Waals surface area contributed by atoms with E-state index in [1.807, 2.05) is 18.2 Å². The first-order valence-corrected chi connectivity index (χ1v) is 9.43. The summed E-state index contributed by atoms with van der Waals surface area (Å²) >= 11 is 6.07. The van der Waals surface area contributed by atoms with E-state index in [9.17, 15) is 4.79 Å². The molecule has 2 aromatic rings. The molecule has 25 heavy (non-hydrogen) atoms.